The second-order valence-electron chi connectivity index (χ2n) is 5.72. The lowest BCUT2D eigenvalue weighted by atomic mass is 10.0. The van der Waals surface area contributed by atoms with Gasteiger partial charge < -0.3 is 15.4 Å². The molecule has 1 saturated heterocycles. The summed E-state index contributed by atoms with van der Waals surface area (Å²) in [4.78, 5) is 16.5. The van der Waals surface area contributed by atoms with Gasteiger partial charge in [0.1, 0.15) is 0 Å². The number of carbonyl (C=O) groups excluding carboxylic acids is 1. The molecule has 0 radical (unpaired) electrons. The maximum Gasteiger partial charge on any atom is 0.319 e. The first kappa shape index (κ1) is 14.8. The van der Waals surface area contributed by atoms with Crippen LogP contribution in [-0.2, 0) is 4.74 Å². The Kier molecular flexibility index (Phi) is 4.53. The Bertz CT molecular complexity index is 666. The molecule has 3 rings (SSSR count). The zero-order valence-electron chi connectivity index (χ0n) is 12.8. The number of aryl methyl sites for hydroxylation is 1. The molecule has 22 heavy (non-hydrogen) atoms. The summed E-state index contributed by atoms with van der Waals surface area (Å²) in [7, 11) is 0. The number of aromatic nitrogens is 1. The van der Waals surface area contributed by atoms with E-state index in [1.807, 2.05) is 31.2 Å². The number of ether oxygens (including phenoxy) is 1. The molecule has 2 amide bonds. The first-order valence-corrected chi connectivity index (χ1v) is 7.71. The number of nitrogens with one attached hydrogen (secondary N) is 2. The van der Waals surface area contributed by atoms with Gasteiger partial charge in [0, 0.05) is 31.3 Å². The van der Waals surface area contributed by atoms with Gasteiger partial charge in [0.15, 0.2) is 0 Å². The molecule has 2 aromatic rings. The molecule has 0 saturated carbocycles. The number of urea groups is 1. The summed E-state index contributed by atoms with van der Waals surface area (Å²) in [6.45, 7) is 4.30. The third-order valence-electron chi connectivity index (χ3n) is 4.11. The molecule has 5 nitrogen and oxygen atoms in total. The molecule has 0 bridgehead atoms. The molecule has 1 fully saturated rings. The number of fused-ring (bicyclic) bond motifs is 1. The molecule has 0 aliphatic carbocycles. The topological polar surface area (TPSA) is 63.2 Å². The Morgan fingerprint density at radius 2 is 2.14 bits per heavy atom. The number of benzene rings is 1. The zero-order chi connectivity index (χ0) is 15.4. The van der Waals surface area contributed by atoms with Gasteiger partial charge in [0.05, 0.1) is 11.2 Å². The van der Waals surface area contributed by atoms with Gasteiger partial charge in [0.25, 0.3) is 0 Å². The minimum Gasteiger partial charge on any atom is -0.381 e. The zero-order valence-corrected chi connectivity index (χ0v) is 12.8. The van der Waals surface area contributed by atoms with E-state index in [2.05, 4.69) is 15.6 Å². The van der Waals surface area contributed by atoms with E-state index in [-0.39, 0.29) is 6.03 Å². The summed E-state index contributed by atoms with van der Waals surface area (Å²) < 4.78 is 5.33. The Labute approximate surface area is 130 Å². The van der Waals surface area contributed by atoms with Crippen LogP contribution in [0.25, 0.3) is 10.9 Å². The van der Waals surface area contributed by atoms with Crippen LogP contribution >= 0.6 is 0 Å². The predicted octanol–water partition coefficient (Wildman–Crippen LogP) is 3.09. The fraction of sp³-hybridized carbons (Fsp3) is 0.412. The van der Waals surface area contributed by atoms with Crippen molar-refractivity contribution in [1.82, 2.24) is 10.3 Å². The molecule has 0 unspecified atom stereocenters. The van der Waals surface area contributed by atoms with Gasteiger partial charge in [-0.1, -0.05) is 6.07 Å². The first-order chi connectivity index (χ1) is 10.7. The fourth-order valence-corrected chi connectivity index (χ4v) is 2.78. The SMILES string of the molecule is Cc1ccc(NC(=O)NCC2CCOCC2)c2cccnc12. The monoisotopic (exact) mass is 299 g/mol. The molecule has 0 atom stereocenters. The van der Waals surface area contributed by atoms with Crippen LogP contribution in [0.1, 0.15) is 18.4 Å². The van der Waals surface area contributed by atoms with Crippen LogP contribution in [0, 0.1) is 12.8 Å². The van der Waals surface area contributed by atoms with Crippen LogP contribution in [0.15, 0.2) is 30.5 Å². The summed E-state index contributed by atoms with van der Waals surface area (Å²) in [5.41, 5.74) is 2.81. The van der Waals surface area contributed by atoms with Crippen LogP contribution in [-0.4, -0.2) is 30.8 Å². The van der Waals surface area contributed by atoms with Crippen LogP contribution in [0.3, 0.4) is 0 Å². The highest BCUT2D eigenvalue weighted by atomic mass is 16.5. The number of nitrogens with zero attached hydrogens (tertiary/aromatic N) is 1. The highest BCUT2D eigenvalue weighted by Crippen LogP contribution is 2.24. The van der Waals surface area contributed by atoms with Crippen molar-refractivity contribution in [1.29, 1.82) is 0 Å². The summed E-state index contributed by atoms with van der Waals surface area (Å²) in [6.07, 6.45) is 3.79. The van der Waals surface area contributed by atoms with Gasteiger partial charge in [0.2, 0.25) is 0 Å². The quantitative estimate of drug-likeness (QED) is 0.915. The van der Waals surface area contributed by atoms with Gasteiger partial charge in [-0.3, -0.25) is 4.98 Å². The number of anilines is 1. The van der Waals surface area contributed by atoms with Crippen molar-refractivity contribution in [2.75, 3.05) is 25.1 Å². The number of hydrogen-bond donors (Lipinski definition) is 2. The summed E-state index contributed by atoms with van der Waals surface area (Å²) in [5.74, 6) is 0.510. The standard InChI is InChI=1S/C17H21N3O2/c1-12-4-5-15(14-3-2-8-18-16(12)14)20-17(21)19-11-13-6-9-22-10-7-13/h2-5,8,13H,6-7,9-11H2,1H3,(H2,19,20,21). The Morgan fingerprint density at radius 3 is 2.95 bits per heavy atom. The number of hydrogen-bond acceptors (Lipinski definition) is 3. The predicted molar refractivity (Wildman–Crippen MR) is 87.0 cm³/mol. The Balaban J connectivity index is 1.65. The van der Waals surface area contributed by atoms with E-state index < -0.39 is 0 Å². The molecule has 2 heterocycles. The van der Waals surface area contributed by atoms with E-state index >= 15 is 0 Å². The third-order valence-corrected chi connectivity index (χ3v) is 4.11. The number of carbonyl (C=O) groups is 1. The minimum absolute atomic E-state index is 0.166. The molecule has 2 N–H and O–H groups in total. The maximum absolute atomic E-state index is 12.1. The Morgan fingerprint density at radius 1 is 1.32 bits per heavy atom. The molecule has 5 heteroatoms. The number of pyridine rings is 1. The smallest absolute Gasteiger partial charge is 0.319 e. The lowest BCUT2D eigenvalue weighted by Gasteiger charge is -2.22. The van der Waals surface area contributed by atoms with Crippen molar-refractivity contribution in [2.24, 2.45) is 5.92 Å². The number of amides is 2. The van der Waals surface area contributed by atoms with E-state index in [0.29, 0.717) is 12.5 Å². The number of rotatable bonds is 3. The van der Waals surface area contributed by atoms with E-state index in [0.717, 1.165) is 48.2 Å². The molecule has 1 aromatic heterocycles. The molecular weight excluding hydrogens is 278 g/mol. The first-order valence-electron chi connectivity index (χ1n) is 7.71. The largest absolute Gasteiger partial charge is 0.381 e. The van der Waals surface area contributed by atoms with Crippen LogP contribution in [0.5, 0.6) is 0 Å². The normalized spacial score (nSPS) is 15.7. The maximum atomic E-state index is 12.1. The van der Waals surface area contributed by atoms with Crippen LogP contribution < -0.4 is 10.6 Å². The van der Waals surface area contributed by atoms with Gasteiger partial charge in [-0.15, -0.1) is 0 Å². The lowest BCUT2D eigenvalue weighted by Crippen LogP contribution is -2.35. The van der Waals surface area contributed by atoms with Crippen molar-refractivity contribution >= 4 is 22.6 Å². The summed E-state index contributed by atoms with van der Waals surface area (Å²) >= 11 is 0. The van der Waals surface area contributed by atoms with Gasteiger partial charge >= 0.3 is 6.03 Å². The van der Waals surface area contributed by atoms with Crippen LogP contribution in [0.2, 0.25) is 0 Å². The molecule has 1 aromatic carbocycles. The lowest BCUT2D eigenvalue weighted by molar-refractivity contribution is 0.0671. The van der Waals surface area contributed by atoms with Gasteiger partial charge in [-0.2, -0.15) is 0 Å². The van der Waals surface area contributed by atoms with E-state index in [1.54, 1.807) is 6.20 Å². The summed E-state index contributed by atoms with van der Waals surface area (Å²) in [5, 5.41) is 6.85. The average Bonchev–Trinajstić information content (AvgIpc) is 2.57. The van der Waals surface area contributed by atoms with Crippen molar-refractivity contribution < 1.29 is 9.53 Å². The van der Waals surface area contributed by atoms with E-state index in [4.69, 9.17) is 4.74 Å². The highest BCUT2D eigenvalue weighted by Gasteiger charge is 2.15. The average molecular weight is 299 g/mol. The van der Waals surface area contributed by atoms with Gasteiger partial charge in [-0.25, -0.2) is 4.79 Å². The second-order valence-corrected chi connectivity index (χ2v) is 5.72. The third kappa shape index (κ3) is 3.36. The van der Waals surface area contributed by atoms with Crippen molar-refractivity contribution in [3.8, 4) is 0 Å². The molecule has 1 aliphatic heterocycles. The highest BCUT2D eigenvalue weighted by molar-refractivity contribution is 6.01. The van der Waals surface area contributed by atoms with Crippen molar-refractivity contribution in [2.45, 2.75) is 19.8 Å². The molecule has 1 aliphatic rings. The minimum atomic E-state index is -0.166. The summed E-state index contributed by atoms with van der Waals surface area (Å²) in [6, 6.07) is 7.59. The van der Waals surface area contributed by atoms with Crippen molar-refractivity contribution in [3.05, 3.63) is 36.0 Å². The molecule has 116 valence electrons. The van der Waals surface area contributed by atoms with E-state index in [1.165, 1.54) is 0 Å². The molecule has 0 spiro atoms. The van der Waals surface area contributed by atoms with E-state index in [9.17, 15) is 4.79 Å². The molecular formula is C17H21N3O2. The van der Waals surface area contributed by atoms with Crippen LogP contribution in [0.4, 0.5) is 10.5 Å². The van der Waals surface area contributed by atoms with Crippen molar-refractivity contribution in [3.63, 3.8) is 0 Å². The fourth-order valence-electron chi connectivity index (χ4n) is 2.78. The second kappa shape index (κ2) is 6.75. The van der Waals surface area contributed by atoms with Gasteiger partial charge in [-0.05, 0) is 49.4 Å². The Hall–Kier alpha value is -2.14.